The van der Waals surface area contributed by atoms with Crippen LogP contribution in [0.3, 0.4) is 0 Å². The first-order valence-electron chi connectivity index (χ1n) is 6.50. The van der Waals surface area contributed by atoms with E-state index < -0.39 is 0 Å². The summed E-state index contributed by atoms with van der Waals surface area (Å²) in [5, 5.41) is 3.38. The second-order valence-corrected chi connectivity index (χ2v) is 5.08. The number of halogens is 1. The van der Waals surface area contributed by atoms with Crippen molar-refractivity contribution >= 4 is 0 Å². The zero-order valence-corrected chi connectivity index (χ0v) is 11.6. The van der Waals surface area contributed by atoms with Crippen LogP contribution in [0.1, 0.15) is 25.0 Å². The smallest absolute Gasteiger partial charge is 0.142 e. The number of hydrogen-bond acceptors (Lipinski definition) is 2. The van der Waals surface area contributed by atoms with Crippen LogP contribution in [0, 0.1) is 12.7 Å². The number of pyridine rings is 1. The number of hydrogen-bond donors (Lipinski definition) is 1. The van der Waals surface area contributed by atoms with Gasteiger partial charge < -0.3 is 5.32 Å². The van der Waals surface area contributed by atoms with E-state index in [1.807, 2.05) is 6.92 Å². The van der Waals surface area contributed by atoms with Crippen LogP contribution in [-0.4, -0.2) is 11.0 Å². The van der Waals surface area contributed by atoms with Gasteiger partial charge in [-0.3, -0.25) is 4.98 Å². The van der Waals surface area contributed by atoms with Crippen LogP contribution in [0.25, 0.3) is 11.1 Å². The molecule has 0 bridgehead atoms. The number of aromatic nitrogens is 1. The molecule has 1 aromatic carbocycles. The molecule has 2 nitrogen and oxygen atoms in total. The first-order valence-corrected chi connectivity index (χ1v) is 6.50. The van der Waals surface area contributed by atoms with Crippen molar-refractivity contribution in [2.75, 3.05) is 0 Å². The molecule has 2 rings (SSSR count). The summed E-state index contributed by atoms with van der Waals surface area (Å²) in [4.78, 5) is 3.91. The third kappa shape index (κ3) is 3.61. The molecule has 0 saturated carbocycles. The monoisotopic (exact) mass is 258 g/mol. The van der Waals surface area contributed by atoms with E-state index in [2.05, 4.69) is 42.3 Å². The van der Waals surface area contributed by atoms with Crippen molar-refractivity contribution in [2.24, 2.45) is 0 Å². The summed E-state index contributed by atoms with van der Waals surface area (Å²) in [7, 11) is 0. The Balaban J connectivity index is 2.31. The van der Waals surface area contributed by atoms with E-state index >= 15 is 0 Å². The standard InChI is InChI=1S/C16H19FN2/c1-11(2)19-8-13-5-4-12(3)16(6-13)14-7-15(17)10-18-9-14/h4-7,9-11,19H,8H2,1-3H3. The maximum atomic E-state index is 13.3. The van der Waals surface area contributed by atoms with Gasteiger partial charge in [0.15, 0.2) is 0 Å². The Hall–Kier alpha value is -1.74. The van der Waals surface area contributed by atoms with Gasteiger partial charge in [-0.1, -0.05) is 26.0 Å². The summed E-state index contributed by atoms with van der Waals surface area (Å²) in [6, 6.07) is 8.23. The van der Waals surface area contributed by atoms with Crippen LogP contribution in [0.2, 0.25) is 0 Å². The van der Waals surface area contributed by atoms with Crippen LogP contribution >= 0.6 is 0 Å². The van der Waals surface area contributed by atoms with E-state index in [0.717, 1.165) is 23.2 Å². The van der Waals surface area contributed by atoms with Gasteiger partial charge in [-0.25, -0.2) is 4.39 Å². The van der Waals surface area contributed by atoms with Crippen molar-refractivity contribution in [2.45, 2.75) is 33.4 Å². The molecule has 0 fully saturated rings. The molecule has 100 valence electrons. The highest BCUT2D eigenvalue weighted by atomic mass is 19.1. The number of benzene rings is 1. The Bertz CT molecular complexity index is 564. The number of nitrogens with one attached hydrogen (secondary N) is 1. The zero-order chi connectivity index (χ0) is 13.8. The Morgan fingerprint density at radius 2 is 2.00 bits per heavy atom. The van der Waals surface area contributed by atoms with Crippen LogP contribution in [-0.2, 0) is 6.54 Å². The summed E-state index contributed by atoms with van der Waals surface area (Å²) in [6.07, 6.45) is 2.92. The van der Waals surface area contributed by atoms with E-state index in [1.54, 1.807) is 6.20 Å². The Morgan fingerprint density at radius 1 is 1.21 bits per heavy atom. The van der Waals surface area contributed by atoms with Crippen LogP contribution < -0.4 is 5.32 Å². The molecule has 3 heteroatoms. The molecule has 0 atom stereocenters. The molecule has 0 aliphatic heterocycles. The lowest BCUT2D eigenvalue weighted by molar-refractivity contribution is 0.589. The van der Waals surface area contributed by atoms with Gasteiger partial charge >= 0.3 is 0 Å². The first-order chi connectivity index (χ1) is 9.06. The maximum Gasteiger partial charge on any atom is 0.142 e. The molecule has 1 aromatic heterocycles. The molecule has 0 aliphatic carbocycles. The van der Waals surface area contributed by atoms with Gasteiger partial charge in [0.25, 0.3) is 0 Å². The highest BCUT2D eigenvalue weighted by Gasteiger charge is 2.05. The molecule has 0 unspecified atom stereocenters. The summed E-state index contributed by atoms with van der Waals surface area (Å²) >= 11 is 0. The van der Waals surface area contributed by atoms with Gasteiger partial charge in [-0.15, -0.1) is 0 Å². The SMILES string of the molecule is Cc1ccc(CNC(C)C)cc1-c1cncc(F)c1. The van der Waals surface area contributed by atoms with E-state index in [4.69, 9.17) is 0 Å². The first kappa shape index (κ1) is 13.7. The lowest BCUT2D eigenvalue weighted by atomic mass is 9.99. The number of rotatable bonds is 4. The average molecular weight is 258 g/mol. The average Bonchev–Trinajstić information content (AvgIpc) is 2.37. The predicted molar refractivity (Wildman–Crippen MR) is 76.3 cm³/mol. The van der Waals surface area contributed by atoms with Crippen molar-refractivity contribution in [3.63, 3.8) is 0 Å². The predicted octanol–water partition coefficient (Wildman–Crippen LogP) is 3.69. The van der Waals surface area contributed by atoms with E-state index in [-0.39, 0.29) is 5.82 Å². The molecule has 0 amide bonds. The molecular weight excluding hydrogens is 239 g/mol. The second-order valence-electron chi connectivity index (χ2n) is 5.08. The molecule has 0 aliphatic rings. The van der Waals surface area contributed by atoms with Gasteiger partial charge in [-0.05, 0) is 35.7 Å². The van der Waals surface area contributed by atoms with Crippen LogP contribution in [0.4, 0.5) is 4.39 Å². The summed E-state index contributed by atoms with van der Waals surface area (Å²) < 4.78 is 13.3. The topological polar surface area (TPSA) is 24.9 Å². The fraction of sp³-hybridized carbons (Fsp3) is 0.312. The Labute approximate surface area is 113 Å². The minimum Gasteiger partial charge on any atom is -0.310 e. The van der Waals surface area contributed by atoms with Crippen LogP contribution in [0.15, 0.2) is 36.7 Å². The number of nitrogens with zero attached hydrogens (tertiary/aromatic N) is 1. The fourth-order valence-electron chi connectivity index (χ4n) is 1.97. The Kier molecular flexibility index (Phi) is 4.27. The van der Waals surface area contributed by atoms with Gasteiger partial charge in [-0.2, -0.15) is 0 Å². The lowest BCUT2D eigenvalue weighted by Gasteiger charge is -2.11. The molecule has 19 heavy (non-hydrogen) atoms. The van der Waals surface area contributed by atoms with Crippen LogP contribution in [0.5, 0.6) is 0 Å². The third-order valence-corrected chi connectivity index (χ3v) is 3.03. The fourth-order valence-corrected chi connectivity index (χ4v) is 1.97. The van der Waals surface area contributed by atoms with Crippen molar-refractivity contribution in [1.29, 1.82) is 0 Å². The van der Waals surface area contributed by atoms with Gasteiger partial charge in [0, 0.05) is 24.3 Å². The lowest BCUT2D eigenvalue weighted by Crippen LogP contribution is -2.21. The number of aryl methyl sites for hydroxylation is 1. The minimum absolute atomic E-state index is 0.303. The molecular formula is C16H19FN2. The molecule has 1 N–H and O–H groups in total. The van der Waals surface area contributed by atoms with Crippen molar-refractivity contribution in [3.05, 3.63) is 53.6 Å². The zero-order valence-electron chi connectivity index (χ0n) is 11.6. The quantitative estimate of drug-likeness (QED) is 0.904. The van der Waals surface area contributed by atoms with Gasteiger partial charge in [0.05, 0.1) is 6.20 Å². The molecule has 0 spiro atoms. The van der Waals surface area contributed by atoms with Gasteiger partial charge in [0.2, 0.25) is 0 Å². The third-order valence-electron chi connectivity index (χ3n) is 3.03. The molecule has 2 aromatic rings. The largest absolute Gasteiger partial charge is 0.310 e. The molecule has 0 radical (unpaired) electrons. The minimum atomic E-state index is -0.303. The normalized spacial score (nSPS) is 11.0. The molecule has 0 saturated heterocycles. The van der Waals surface area contributed by atoms with Crippen molar-refractivity contribution in [1.82, 2.24) is 10.3 Å². The summed E-state index contributed by atoms with van der Waals surface area (Å²) in [5.41, 5.74) is 4.18. The van der Waals surface area contributed by atoms with E-state index in [1.165, 1.54) is 17.8 Å². The van der Waals surface area contributed by atoms with Crippen molar-refractivity contribution in [3.8, 4) is 11.1 Å². The van der Waals surface area contributed by atoms with E-state index in [9.17, 15) is 4.39 Å². The molecule has 1 heterocycles. The van der Waals surface area contributed by atoms with Crippen molar-refractivity contribution < 1.29 is 4.39 Å². The summed E-state index contributed by atoms with van der Waals surface area (Å²) in [6.45, 7) is 7.07. The highest BCUT2D eigenvalue weighted by molar-refractivity contribution is 5.67. The maximum absolute atomic E-state index is 13.3. The van der Waals surface area contributed by atoms with E-state index in [0.29, 0.717) is 6.04 Å². The Morgan fingerprint density at radius 3 is 2.68 bits per heavy atom. The van der Waals surface area contributed by atoms with Gasteiger partial charge in [0.1, 0.15) is 5.82 Å². The summed E-state index contributed by atoms with van der Waals surface area (Å²) in [5.74, 6) is -0.303. The highest BCUT2D eigenvalue weighted by Crippen LogP contribution is 2.24. The second kappa shape index (κ2) is 5.93.